The van der Waals surface area contributed by atoms with Gasteiger partial charge in [-0.2, -0.15) is 5.10 Å². The molecule has 0 N–H and O–H groups in total. The molecule has 0 spiro atoms. The summed E-state index contributed by atoms with van der Waals surface area (Å²) in [7, 11) is 0. The van der Waals surface area contributed by atoms with Crippen molar-refractivity contribution in [3.8, 4) is 0 Å². The highest BCUT2D eigenvalue weighted by atomic mass is 16.1. The number of aromatic nitrogens is 2. The molecule has 1 aromatic heterocycles. The molecule has 0 amide bonds. The average Bonchev–Trinajstić information content (AvgIpc) is 2.41. The van der Waals surface area contributed by atoms with Gasteiger partial charge in [-0.3, -0.25) is 9.48 Å². The van der Waals surface area contributed by atoms with E-state index in [0.29, 0.717) is 12.5 Å². The van der Waals surface area contributed by atoms with Gasteiger partial charge in [0.15, 0.2) is 5.78 Å². The van der Waals surface area contributed by atoms with E-state index in [0.717, 1.165) is 17.0 Å². The minimum absolute atomic E-state index is 0.187. The molecule has 14 heavy (non-hydrogen) atoms. The quantitative estimate of drug-likeness (QED) is 0.693. The van der Waals surface area contributed by atoms with Crippen molar-refractivity contribution in [3.63, 3.8) is 0 Å². The van der Waals surface area contributed by atoms with E-state index in [1.54, 1.807) is 0 Å². The molecule has 0 unspecified atom stereocenters. The third-order valence-corrected chi connectivity index (χ3v) is 2.41. The van der Waals surface area contributed by atoms with Crippen molar-refractivity contribution in [2.24, 2.45) is 0 Å². The fraction of sp³-hybridized carbons (Fsp3) is 0.636. The van der Waals surface area contributed by atoms with Crippen LogP contribution < -0.4 is 0 Å². The van der Waals surface area contributed by atoms with E-state index in [-0.39, 0.29) is 5.78 Å². The molecule has 0 atom stereocenters. The molecular weight excluding hydrogens is 176 g/mol. The number of Topliss-reactive ketones (excluding diaryl/α,β-unsaturated/α-hetero) is 1. The topological polar surface area (TPSA) is 34.9 Å². The predicted molar refractivity (Wildman–Crippen MR) is 56.7 cm³/mol. The van der Waals surface area contributed by atoms with Crippen LogP contribution in [0.25, 0.3) is 0 Å². The zero-order valence-electron chi connectivity index (χ0n) is 9.59. The molecule has 0 saturated carbocycles. The number of hydrogen-bond acceptors (Lipinski definition) is 2. The smallest absolute Gasteiger partial charge is 0.166 e. The second-order valence-electron chi connectivity index (χ2n) is 3.86. The molecule has 0 bridgehead atoms. The van der Waals surface area contributed by atoms with Gasteiger partial charge in [0.1, 0.15) is 0 Å². The maximum atomic E-state index is 11.6. The standard InChI is InChI=1S/C11H18N2O/c1-6-10(14)11-8(4)12-13(7(2)3)9(11)5/h7H,6H2,1-5H3. The van der Waals surface area contributed by atoms with Crippen LogP contribution in [0.15, 0.2) is 0 Å². The van der Waals surface area contributed by atoms with Crippen molar-refractivity contribution in [1.29, 1.82) is 0 Å². The lowest BCUT2D eigenvalue weighted by Gasteiger charge is -2.07. The number of rotatable bonds is 3. The van der Waals surface area contributed by atoms with Gasteiger partial charge in [0.2, 0.25) is 0 Å². The van der Waals surface area contributed by atoms with Crippen LogP contribution in [0.3, 0.4) is 0 Å². The van der Waals surface area contributed by atoms with E-state index in [9.17, 15) is 4.79 Å². The summed E-state index contributed by atoms with van der Waals surface area (Å²) in [6.07, 6.45) is 0.547. The zero-order chi connectivity index (χ0) is 10.9. The highest BCUT2D eigenvalue weighted by molar-refractivity contribution is 5.97. The first-order valence-electron chi connectivity index (χ1n) is 5.07. The lowest BCUT2D eigenvalue weighted by molar-refractivity contribution is 0.0987. The number of hydrogen-bond donors (Lipinski definition) is 0. The molecule has 0 aliphatic carbocycles. The summed E-state index contributed by atoms with van der Waals surface area (Å²) in [6, 6.07) is 0.312. The fourth-order valence-electron chi connectivity index (χ4n) is 1.75. The minimum Gasteiger partial charge on any atom is -0.294 e. The molecule has 0 saturated heterocycles. The molecule has 1 heterocycles. The summed E-state index contributed by atoms with van der Waals surface area (Å²) in [5.41, 5.74) is 2.65. The number of aryl methyl sites for hydroxylation is 1. The summed E-state index contributed by atoms with van der Waals surface area (Å²) in [6.45, 7) is 9.88. The lowest BCUT2D eigenvalue weighted by atomic mass is 10.1. The van der Waals surface area contributed by atoms with Crippen molar-refractivity contribution < 1.29 is 4.79 Å². The van der Waals surface area contributed by atoms with Gasteiger partial charge in [0.05, 0.1) is 11.3 Å². The fourth-order valence-corrected chi connectivity index (χ4v) is 1.75. The van der Waals surface area contributed by atoms with Crippen molar-refractivity contribution in [1.82, 2.24) is 9.78 Å². The largest absolute Gasteiger partial charge is 0.294 e. The Morgan fingerprint density at radius 1 is 1.43 bits per heavy atom. The van der Waals surface area contributed by atoms with E-state index < -0.39 is 0 Å². The lowest BCUT2D eigenvalue weighted by Crippen LogP contribution is -2.06. The molecule has 3 nitrogen and oxygen atoms in total. The first kappa shape index (κ1) is 11.0. The van der Waals surface area contributed by atoms with Crippen molar-refractivity contribution in [2.75, 3.05) is 0 Å². The van der Waals surface area contributed by atoms with Crippen LogP contribution in [-0.4, -0.2) is 15.6 Å². The van der Waals surface area contributed by atoms with Gasteiger partial charge in [0, 0.05) is 18.2 Å². The SMILES string of the molecule is CCC(=O)c1c(C)nn(C(C)C)c1C. The molecule has 78 valence electrons. The van der Waals surface area contributed by atoms with Crippen LogP contribution in [0.1, 0.15) is 55.0 Å². The molecule has 1 aromatic rings. The molecule has 0 aromatic carbocycles. The number of carbonyl (C=O) groups excluding carboxylic acids is 1. The first-order valence-corrected chi connectivity index (χ1v) is 5.07. The van der Waals surface area contributed by atoms with Crippen LogP contribution in [0.2, 0.25) is 0 Å². The highest BCUT2D eigenvalue weighted by Gasteiger charge is 2.17. The van der Waals surface area contributed by atoms with Gasteiger partial charge in [-0.1, -0.05) is 6.92 Å². The Hall–Kier alpha value is -1.12. The maximum absolute atomic E-state index is 11.6. The summed E-state index contributed by atoms with van der Waals surface area (Å²) in [4.78, 5) is 11.6. The Balaban J connectivity index is 3.24. The highest BCUT2D eigenvalue weighted by Crippen LogP contribution is 2.18. The molecule has 1 rings (SSSR count). The van der Waals surface area contributed by atoms with E-state index in [2.05, 4.69) is 18.9 Å². The number of ketones is 1. The van der Waals surface area contributed by atoms with Gasteiger partial charge in [-0.15, -0.1) is 0 Å². The normalized spacial score (nSPS) is 11.0. The average molecular weight is 194 g/mol. The Bertz CT molecular complexity index is 350. The maximum Gasteiger partial charge on any atom is 0.166 e. The van der Waals surface area contributed by atoms with Crippen LogP contribution in [0.5, 0.6) is 0 Å². The molecule has 3 heteroatoms. The monoisotopic (exact) mass is 194 g/mol. The third-order valence-electron chi connectivity index (χ3n) is 2.41. The van der Waals surface area contributed by atoms with Gasteiger partial charge in [0.25, 0.3) is 0 Å². The van der Waals surface area contributed by atoms with Crippen LogP contribution in [0.4, 0.5) is 0 Å². The Morgan fingerprint density at radius 3 is 2.36 bits per heavy atom. The predicted octanol–water partition coefficient (Wildman–Crippen LogP) is 2.67. The minimum atomic E-state index is 0.187. The van der Waals surface area contributed by atoms with E-state index in [1.807, 2.05) is 25.5 Å². The van der Waals surface area contributed by atoms with Gasteiger partial charge < -0.3 is 0 Å². The third kappa shape index (κ3) is 1.72. The summed E-state index contributed by atoms with van der Waals surface area (Å²) >= 11 is 0. The van der Waals surface area contributed by atoms with Gasteiger partial charge in [-0.05, 0) is 27.7 Å². The second-order valence-corrected chi connectivity index (χ2v) is 3.86. The summed E-state index contributed by atoms with van der Waals surface area (Å²) < 4.78 is 1.91. The summed E-state index contributed by atoms with van der Waals surface area (Å²) in [5.74, 6) is 0.187. The number of nitrogens with zero attached hydrogens (tertiary/aromatic N) is 2. The van der Waals surface area contributed by atoms with Crippen molar-refractivity contribution in [2.45, 2.75) is 47.1 Å². The molecule has 0 aliphatic heterocycles. The van der Waals surface area contributed by atoms with Crippen LogP contribution in [0, 0.1) is 13.8 Å². The zero-order valence-corrected chi connectivity index (χ0v) is 9.59. The summed E-state index contributed by atoms with van der Waals surface area (Å²) in [5, 5.41) is 4.37. The van der Waals surface area contributed by atoms with E-state index in [4.69, 9.17) is 0 Å². The molecule has 0 radical (unpaired) electrons. The Morgan fingerprint density at radius 2 is 2.00 bits per heavy atom. The van der Waals surface area contributed by atoms with E-state index in [1.165, 1.54) is 0 Å². The number of carbonyl (C=O) groups is 1. The van der Waals surface area contributed by atoms with Gasteiger partial charge >= 0.3 is 0 Å². The molecule has 0 aliphatic rings. The van der Waals surface area contributed by atoms with Gasteiger partial charge in [-0.25, -0.2) is 0 Å². The van der Waals surface area contributed by atoms with Crippen molar-refractivity contribution >= 4 is 5.78 Å². The Labute approximate surface area is 85.1 Å². The van der Waals surface area contributed by atoms with E-state index >= 15 is 0 Å². The molecular formula is C11H18N2O. The molecule has 0 fully saturated rings. The second kappa shape index (κ2) is 3.95. The van der Waals surface area contributed by atoms with Crippen molar-refractivity contribution in [3.05, 3.63) is 17.0 Å². The first-order chi connectivity index (χ1) is 6.49. The van der Waals surface area contributed by atoms with Crippen LogP contribution in [-0.2, 0) is 0 Å². The van der Waals surface area contributed by atoms with Crippen LogP contribution >= 0.6 is 0 Å². The Kier molecular flexibility index (Phi) is 3.09.